The van der Waals surface area contributed by atoms with E-state index in [0.29, 0.717) is 18.0 Å². The van der Waals surface area contributed by atoms with Gasteiger partial charge >= 0.3 is 0 Å². The van der Waals surface area contributed by atoms with E-state index in [1.54, 1.807) is 0 Å². The molecule has 0 spiro atoms. The van der Waals surface area contributed by atoms with E-state index in [0.717, 1.165) is 38.6 Å². The quantitative estimate of drug-likeness (QED) is 0.722. The zero-order chi connectivity index (χ0) is 11.5. The lowest BCUT2D eigenvalue weighted by molar-refractivity contribution is 0.0478. The highest BCUT2D eigenvalue weighted by atomic mass is 16.5. The minimum Gasteiger partial charge on any atom is -0.380 e. The molecule has 3 atom stereocenters. The summed E-state index contributed by atoms with van der Waals surface area (Å²) in [5, 5.41) is 0. The lowest BCUT2D eigenvalue weighted by Gasteiger charge is -2.41. The Morgan fingerprint density at radius 2 is 2.00 bits per heavy atom. The van der Waals surface area contributed by atoms with Gasteiger partial charge in [-0.25, -0.2) is 0 Å². The monoisotopic (exact) mass is 226 g/mol. The van der Waals surface area contributed by atoms with E-state index in [1.165, 1.54) is 12.8 Å². The first-order valence-corrected chi connectivity index (χ1v) is 6.76. The molecule has 1 saturated heterocycles. The number of ether oxygens (including phenoxy) is 1. The largest absolute Gasteiger partial charge is 0.380 e. The summed E-state index contributed by atoms with van der Waals surface area (Å²) in [7, 11) is 0. The Hall–Kier alpha value is -0.120. The Morgan fingerprint density at radius 3 is 2.69 bits per heavy atom. The third kappa shape index (κ3) is 3.19. The molecule has 2 aliphatic rings. The van der Waals surface area contributed by atoms with Crippen molar-refractivity contribution in [2.24, 2.45) is 17.6 Å². The first kappa shape index (κ1) is 12.3. The Labute approximate surface area is 99.3 Å². The van der Waals surface area contributed by atoms with E-state index in [-0.39, 0.29) is 0 Å². The van der Waals surface area contributed by atoms with Crippen LogP contribution in [0.5, 0.6) is 0 Å². The van der Waals surface area contributed by atoms with E-state index in [4.69, 9.17) is 10.5 Å². The third-order valence-electron chi connectivity index (χ3n) is 4.34. The van der Waals surface area contributed by atoms with Crippen molar-refractivity contribution < 1.29 is 4.74 Å². The van der Waals surface area contributed by atoms with Gasteiger partial charge in [0, 0.05) is 31.8 Å². The fraction of sp³-hybridized carbons (Fsp3) is 1.00. The average molecular weight is 226 g/mol. The molecule has 1 aliphatic carbocycles. The molecule has 1 aliphatic heterocycles. The molecule has 94 valence electrons. The minimum atomic E-state index is 0.388. The molecule has 0 aromatic heterocycles. The second kappa shape index (κ2) is 5.48. The summed E-state index contributed by atoms with van der Waals surface area (Å²) in [6, 6.07) is 0.993. The molecule has 16 heavy (non-hydrogen) atoms. The lowest BCUT2D eigenvalue weighted by atomic mass is 9.88. The van der Waals surface area contributed by atoms with Crippen molar-refractivity contribution in [2.75, 3.05) is 26.3 Å². The van der Waals surface area contributed by atoms with Crippen molar-refractivity contribution in [1.82, 2.24) is 4.90 Å². The first-order valence-electron chi connectivity index (χ1n) is 6.76. The molecule has 0 amide bonds. The highest BCUT2D eigenvalue weighted by Crippen LogP contribution is 2.28. The van der Waals surface area contributed by atoms with E-state index in [2.05, 4.69) is 18.7 Å². The Morgan fingerprint density at radius 1 is 1.25 bits per heavy atom. The van der Waals surface area contributed by atoms with Crippen molar-refractivity contribution in [3.05, 3.63) is 0 Å². The summed E-state index contributed by atoms with van der Waals surface area (Å²) in [5.41, 5.74) is 6.08. The molecular weight excluding hydrogens is 200 g/mol. The van der Waals surface area contributed by atoms with E-state index in [1.807, 2.05) is 0 Å². The predicted molar refractivity (Wildman–Crippen MR) is 66.3 cm³/mol. The smallest absolute Gasteiger partial charge is 0.0593 e. The Bertz CT molecular complexity index is 218. The minimum absolute atomic E-state index is 0.388. The number of nitrogens with zero attached hydrogens (tertiary/aromatic N) is 1. The van der Waals surface area contributed by atoms with Gasteiger partial charge in [0.25, 0.3) is 0 Å². The van der Waals surface area contributed by atoms with Gasteiger partial charge in [-0.05, 0) is 38.0 Å². The number of likely N-dealkylation sites (tertiary alicyclic amines) is 1. The second-order valence-corrected chi connectivity index (χ2v) is 5.61. The number of nitrogens with two attached hydrogens (primary N) is 1. The van der Waals surface area contributed by atoms with Crippen molar-refractivity contribution in [3.8, 4) is 0 Å². The van der Waals surface area contributed by atoms with Gasteiger partial charge in [-0.1, -0.05) is 6.92 Å². The van der Waals surface area contributed by atoms with Crippen LogP contribution in [0.1, 0.15) is 33.1 Å². The standard InChI is InChI=1S/C13H26N2O/c1-10-11(2)15(6-5-13(10)14)7-8-16-9-12-3-4-12/h10-13H,3-9,14H2,1-2H3. The highest BCUT2D eigenvalue weighted by molar-refractivity contribution is 4.86. The van der Waals surface area contributed by atoms with Crippen LogP contribution in [0, 0.1) is 11.8 Å². The number of piperidine rings is 1. The van der Waals surface area contributed by atoms with Crippen LogP contribution in [0.2, 0.25) is 0 Å². The van der Waals surface area contributed by atoms with Crippen molar-refractivity contribution in [1.29, 1.82) is 0 Å². The van der Waals surface area contributed by atoms with Gasteiger partial charge in [0.2, 0.25) is 0 Å². The summed E-state index contributed by atoms with van der Waals surface area (Å²) in [6.45, 7) is 8.65. The van der Waals surface area contributed by atoms with Gasteiger partial charge in [0.15, 0.2) is 0 Å². The Balaban J connectivity index is 1.63. The van der Waals surface area contributed by atoms with Gasteiger partial charge in [-0.15, -0.1) is 0 Å². The van der Waals surface area contributed by atoms with Gasteiger partial charge in [-0.2, -0.15) is 0 Å². The van der Waals surface area contributed by atoms with Crippen LogP contribution >= 0.6 is 0 Å². The van der Waals surface area contributed by atoms with Crippen molar-refractivity contribution in [3.63, 3.8) is 0 Å². The van der Waals surface area contributed by atoms with Crippen LogP contribution in [0.15, 0.2) is 0 Å². The van der Waals surface area contributed by atoms with Gasteiger partial charge in [0.1, 0.15) is 0 Å². The molecule has 1 saturated carbocycles. The fourth-order valence-corrected chi connectivity index (χ4v) is 2.50. The van der Waals surface area contributed by atoms with Crippen LogP contribution < -0.4 is 5.73 Å². The Kier molecular flexibility index (Phi) is 4.22. The summed E-state index contributed by atoms with van der Waals surface area (Å²) in [5.74, 6) is 1.49. The SMILES string of the molecule is CC1C(N)CCN(CCOCC2CC2)C1C. The van der Waals surface area contributed by atoms with Crippen LogP contribution in [-0.4, -0.2) is 43.3 Å². The molecule has 2 fully saturated rings. The average Bonchev–Trinajstić information content (AvgIpc) is 3.08. The molecule has 0 radical (unpaired) electrons. The fourth-order valence-electron chi connectivity index (χ4n) is 2.50. The number of hydrogen-bond acceptors (Lipinski definition) is 3. The summed E-state index contributed by atoms with van der Waals surface area (Å²) in [6.07, 6.45) is 3.89. The zero-order valence-electron chi connectivity index (χ0n) is 10.7. The van der Waals surface area contributed by atoms with Crippen LogP contribution in [-0.2, 0) is 4.74 Å². The predicted octanol–water partition coefficient (Wildman–Crippen LogP) is 1.47. The van der Waals surface area contributed by atoms with Crippen molar-refractivity contribution >= 4 is 0 Å². The maximum absolute atomic E-state index is 6.08. The molecular formula is C13H26N2O. The van der Waals surface area contributed by atoms with Crippen LogP contribution in [0.4, 0.5) is 0 Å². The number of hydrogen-bond donors (Lipinski definition) is 1. The molecule has 2 rings (SSSR count). The van der Waals surface area contributed by atoms with E-state index in [9.17, 15) is 0 Å². The van der Waals surface area contributed by atoms with Crippen molar-refractivity contribution in [2.45, 2.75) is 45.2 Å². The zero-order valence-corrected chi connectivity index (χ0v) is 10.7. The second-order valence-electron chi connectivity index (χ2n) is 5.61. The topological polar surface area (TPSA) is 38.5 Å². The van der Waals surface area contributed by atoms with E-state index < -0.39 is 0 Å². The summed E-state index contributed by atoms with van der Waals surface area (Å²) in [4.78, 5) is 2.53. The van der Waals surface area contributed by atoms with Crippen LogP contribution in [0.25, 0.3) is 0 Å². The summed E-state index contributed by atoms with van der Waals surface area (Å²) >= 11 is 0. The van der Waals surface area contributed by atoms with E-state index >= 15 is 0 Å². The number of rotatable bonds is 5. The molecule has 3 heteroatoms. The molecule has 0 bridgehead atoms. The van der Waals surface area contributed by atoms with Gasteiger partial charge in [0.05, 0.1) is 6.61 Å². The third-order valence-corrected chi connectivity index (χ3v) is 4.34. The highest BCUT2D eigenvalue weighted by Gasteiger charge is 2.29. The molecule has 2 N–H and O–H groups in total. The van der Waals surface area contributed by atoms with Gasteiger partial charge in [-0.3, -0.25) is 4.90 Å². The maximum atomic E-state index is 6.08. The molecule has 0 aromatic carbocycles. The maximum Gasteiger partial charge on any atom is 0.0593 e. The van der Waals surface area contributed by atoms with Gasteiger partial charge < -0.3 is 10.5 Å². The first-order chi connectivity index (χ1) is 7.68. The molecule has 3 nitrogen and oxygen atoms in total. The molecule has 0 aromatic rings. The summed E-state index contributed by atoms with van der Waals surface area (Å²) < 4.78 is 5.70. The molecule has 3 unspecified atom stereocenters. The lowest BCUT2D eigenvalue weighted by Crippen LogP contribution is -2.52. The van der Waals surface area contributed by atoms with Crippen LogP contribution in [0.3, 0.4) is 0 Å². The molecule has 1 heterocycles. The normalized spacial score (nSPS) is 36.6.